The van der Waals surface area contributed by atoms with Gasteiger partial charge in [0.25, 0.3) is 20.2 Å². The molecule has 65 heavy (non-hydrogen) atoms. The summed E-state index contributed by atoms with van der Waals surface area (Å²) in [7, 11) is -6.35. The van der Waals surface area contributed by atoms with Crippen molar-refractivity contribution >= 4 is 83.6 Å². The Labute approximate surface area is 377 Å². The van der Waals surface area contributed by atoms with Crippen molar-refractivity contribution in [2.24, 2.45) is 20.5 Å². The van der Waals surface area contributed by atoms with Crippen LogP contribution in [0.5, 0.6) is 11.5 Å². The van der Waals surface area contributed by atoms with Crippen molar-refractivity contribution in [2.75, 3.05) is 92.0 Å². The summed E-state index contributed by atoms with van der Waals surface area (Å²) in [5.41, 5.74) is 1.88. The molecule has 4 aromatic carbocycles. The predicted octanol–water partition coefficient (Wildman–Crippen LogP) is 7.18. The number of rotatable bonds is 23. The van der Waals surface area contributed by atoms with Gasteiger partial charge in [-0.3, -0.25) is 9.11 Å². The normalized spacial score (nSPS) is 11.8. The minimum Gasteiger partial charge on any atom is -0.494 e. The van der Waals surface area contributed by atoms with Gasteiger partial charge in [0.05, 0.1) is 50.2 Å². The Kier molecular flexibility index (Phi) is 17.0. The lowest BCUT2D eigenvalue weighted by Gasteiger charge is -2.25. The third kappa shape index (κ3) is 12.4. The van der Waals surface area contributed by atoms with Crippen LogP contribution in [0.2, 0.25) is 0 Å². The van der Waals surface area contributed by atoms with E-state index in [1.54, 1.807) is 24.3 Å². The number of hydrogen-bond donors (Lipinski definition) is 6. The van der Waals surface area contributed by atoms with E-state index in [1.807, 2.05) is 37.5 Å². The van der Waals surface area contributed by atoms with E-state index in [0.29, 0.717) is 49.1 Å². The van der Waals surface area contributed by atoms with Crippen LogP contribution in [0.15, 0.2) is 103 Å². The van der Waals surface area contributed by atoms with Gasteiger partial charge >= 0.3 is 0 Å². The second-order valence-electron chi connectivity index (χ2n) is 13.7. The van der Waals surface area contributed by atoms with Gasteiger partial charge in [0.15, 0.2) is 0 Å². The molecule has 6 N–H and O–H groups in total. The number of ether oxygens (including phenoxy) is 2. The van der Waals surface area contributed by atoms with Crippen LogP contribution in [-0.4, -0.2) is 118 Å². The number of aliphatic hydroxyl groups is 2. The highest BCUT2D eigenvalue weighted by Crippen LogP contribution is 2.43. The maximum atomic E-state index is 12.2. The summed E-state index contributed by atoms with van der Waals surface area (Å²) in [6.07, 6.45) is 0. The molecule has 0 atom stereocenters. The number of methoxy groups -OCH3 is 2. The molecular weight excluding hydrogens is 885 g/mol. The van der Waals surface area contributed by atoms with Gasteiger partial charge in [0.1, 0.15) is 44.0 Å². The maximum absolute atomic E-state index is 12.2. The third-order valence-corrected chi connectivity index (χ3v) is 11.6. The largest absolute Gasteiger partial charge is 0.494 e. The van der Waals surface area contributed by atoms with Crippen molar-refractivity contribution in [1.82, 2.24) is 15.0 Å². The minimum atomic E-state index is -4.66. The molecule has 24 heteroatoms. The zero-order valence-corrected chi connectivity index (χ0v) is 38.2. The molecular formula is C41H52N12O10S2. The minimum absolute atomic E-state index is 0.0199. The van der Waals surface area contributed by atoms with Crippen LogP contribution in [0.4, 0.5) is 63.3 Å². The van der Waals surface area contributed by atoms with E-state index in [9.17, 15) is 36.2 Å². The van der Waals surface area contributed by atoms with Gasteiger partial charge in [-0.25, -0.2) is 0 Å². The highest BCUT2D eigenvalue weighted by Gasteiger charge is 2.22. The van der Waals surface area contributed by atoms with Crippen molar-refractivity contribution < 1.29 is 45.6 Å². The fourth-order valence-corrected chi connectivity index (χ4v) is 7.82. The summed E-state index contributed by atoms with van der Waals surface area (Å²) in [6, 6.07) is 17.7. The Morgan fingerprint density at radius 2 is 0.923 bits per heavy atom. The lowest BCUT2D eigenvalue weighted by molar-refractivity contribution is 0.280. The van der Waals surface area contributed by atoms with Gasteiger partial charge in [0, 0.05) is 51.4 Å². The monoisotopic (exact) mass is 936 g/mol. The predicted molar refractivity (Wildman–Crippen MR) is 247 cm³/mol. The molecule has 0 amide bonds. The van der Waals surface area contributed by atoms with Gasteiger partial charge in [0.2, 0.25) is 17.8 Å². The molecule has 348 valence electrons. The molecule has 0 aliphatic carbocycles. The molecule has 1 aromatic heterocycles. The lowest BCUT2D eigenvalue weighted by atomic mass is 10.2. The van der Waals surface area contributed by atoms with E-state index < -0.39 is 30.0 Å². The van der Waals surface area contributed by atoms with Crippen LogP contribution in [0.3, 0.4) is 0 Å². The molecule has 0 saturated heterocycles. The maximum Gasteiger partial charge on any atom is 0.296 e. The summed E-state index contributed by atoms with van der Waals surface area (Å²) in [5.74, 6) is 0.726. The van der Waals surface area contributed by atoms with E-state index in [1.165, 1.54) is 67.7 Å². The third-order valence-electron chi connectivity index (χ3n) is 9.76. The number of azo groups is 2. The fraction of sp³-hybridized carbons (Fsp3) is 0.341. The second-order valence-corrected chi connectivity index (χ2v) is 16.5. The first-order valence-corrected chi connectivity index (χ1v) is 23.2. The van der Waals surface area contributed by atoms with E-state index in [4.69, 9.17) is 14.5 Å². The molecule has 0 radical (unpaired) electrons. The Morgan fingerprint density at radius 3 is 1.26 bits per heavy atom. The molecule has 5 aromatic rings. The van der Waals surface area contributed by atoms with Crippen LogP contribution in [-0.2, 0) is 20.2 Å². The molecule has 0 unspecified atom stereocenters. The van der Waals surface area contributed by atoms with Crippen LogP contribution in [0, 0.1) is 0 Å². The fourth-order valence-electron chi connectivity index (χ4n) is 6.57. The first kappa shape index (κ1) is 49.4. The quantitative estimate of drug-likeness (QED) is 0.0279. The average molecular weight is 937 g/mol. The van der Waals surface area contributed by atoms with Crippen molar-refractivity contribution in [3.05, 3.63) is 72.8 Å². The molecule has 22 nitrogen and oxygen atoms in total. The standard InChI is InChI=1S/C41H52N12O10S2/c1-7-51(8-2)33-23-29(31(25-35(33)62-5)49-47-27-15-11-13-17-37(27)64(56,57)58)42-39-44-40(46-41(45-39)53(19-21-54)20-22-55)43-30-24-34(52(9-3)10-4)36(63-6)26-32(30)50-48-28-16-12-14-18-38(28)65(59,60)61/h11-18,23-26,54-55H,7-10,19-22H2,1-6H3,(H,56,57,58)(H,59,60,61)(H2,42,43,44,45,46)/b49-47+,50-48+. The van der Waals surface area contributed by atoms with Gasteiger partial charge in [-0.1, -0.05) is 24.3 Å². The molecule has 0 bridgehead atoms. The number of aromatic nitrogens is 3. The molecule has 0 spiro atoms. The highest BCUT2D eigenvalue weighted by molar-refractivity contribution is 7.86. The van der Waals surface area contributed by atoms with Crippen molar-refractivity contribution in [2.45, 2.75) is 37.5 Å². The SMILES string of the molecule is CCN(CC)c1cc(Nc2nc(Nc3cc(N(CC)CC)c(OC)cc3/N=N/c3ccccc3S(=O)(=O)O)nc(N(CCO)CCO)n2)c(/N=N/c2ccccc2S(=O)(=O)O)cc1OC. The Hall–Kier alpha value is -6.57. The zero-order chi connectivity index (χ0) is 47.3. The number of benzene rings is 4. The van der Waals surface area contributed by atoms with Gasteiger partial charge < -0.3 is 45.0 Å². The summed E-state index contributed by atoms with van der Waals surface area (Å²) in [6.45, 7) is 9.64. The first-order valence-electron chi connectivity index (χ1n) is 20.3. The first-order chi connectivity index (χ1) is 31.1. The number of nitrogens with zero attached hydrogens (tertiary/aromatic N) is 10. The molecule has 0 saturated carbocycles. The number of anilines is 7. The zero-order valence-electron chi connectivity index (χ0n) is 36.6. The Morgan fingerprint density at radius 1 is 0.554 bits per heavy atom. The number of aliphatic hydroxyl groups excluding tert-OH is 2. The summed E-state index contributed by atoms with van der Waals surface area (Å²) >= 11 is 0. The molecule has 0 aliphatic rings. The molecule has 0 fully saturated rings. The summed E-state index contributed by atoms with van der Waals surface area (Å²) in [4.78, 5) is 18.7. The molecule has 1 heterocycles. The highest BCUT2D eigenvalue weighted by atomic mass is 32.2. The van der Waals surface area contributed by atoms with Crippen LogP contribution in [0.1, 0.15) is 27.7 Å². The van der Waals surface area contributed by atoms with Crippen molar-refractivity contribution in [1.29, 1.82) is 0 Å². The van der Waals surface area contributed by atoms with E-state index in [-0.39, 0.29) is 78.3 Å². The number of hydrogen-bond acceptors (Lipinski definition) is 20. The summed E-state index contributed by atoms with van der Waals surface area (Å²) < 4.78 is 80.0. The average Bonchev–Trinajstić information content (AvgIpc) is 3.28. The van der Waals surface area contributed by atoms with Gasteiger partial charge in [-0.15, -0.1) is 20.5 Å². The van der Waals surface area contributed by atoms with Crippen LogP contribution >= 0.6 is 0 Å². The van der Waals surface area contributed by atoms with Gasteiger partial charge in [-0.05, 0) is 64.1 Å². The molecule has 0 aliphatic heterocycles. The lowest BCUT2D eigenvalue weighted by Crippen LogP contribution is -2.31. The summed E-state index contributed by atoms with van der Waals surface area (Å²) in [5, 5.41) is 43.5. The topological polar surface area (TPSA) is 290 Å². The van der Waals surface area contributed by atoms with Crippen molar-refractivity contribution in [3.63, 3.8) is 0 Å². The molecule has 5 rings (SSSR count). The smallest absolute Gasteiger partial charge is 0.296 e. The van der Waals surface area contributed by atoms with Crippen LogP contribution < -0.4 is 34.8 Å². The Bertz CT molecular complexity index is 2540. The Balaban J connectivity index is 1.73. The van der Waals surface area contributed by atoms with Gasteiger partial charge in [-0.2, -0.15) is 31.8 Å². The van der Waals surface area contributed by atoms with E-state index in [0.717, 1.165) is 0 Å². The van der Waals surface area contributed by atoms with Crippen LogP contribution in [0.25, 0.3) is 0 Å². The van der Waals surface area contributed by atoms with E-state index >= 15 is 0 Å². The second kappa shape index (κ2) is 22.4. The van der Waals surface area contributed by atoms with Crippen molar-refractivity contribution in [3.8, 4) is 11.5 Å². The number of nitrogens with one attached hydrogen (secondary N) is 2. The van der Waals surface area contributed by atoms with E-state index in [2.05, 4.69) is 41.1 Å².